The number of ether oxygens (including phenoxy) is 1. The van der Waals surface area contributed by atoms with Crippen LogP contribution in [0.15, 0.2) is 48.5 Å². The number of para-hydroxylation sites is 3. The van der Waals surface area contributed by atoms with Gasteiger partial charge >= 0.3 is 0 Å². The highest BCUT2D eigenvalue weighted by Gasteiger charge is 2.29. The van der Waals surface area contributed by atoms with Gasteiger partial charge in [0.25, 0.3) is 0 Å². The summed E-state index contributed by atoms with van der Waals surface area (Å²) >= 11 is 0. The van der Waals surface area contributed by atoms with E-state index in [-0.39, 0.29) is 36.8 Å². The number of carbonyl (C=O) groups is 1. The molecule has 2 aromatic carbocycles. The number of rotatable bonds is 5. The van der Waals surface area contributed by atoms with Crippen molar-refractivity contribution in [3.63, 3.8) is 0 Å². The van der Waals surface area contributed by atoms with Crippen molar-refractivity contribution in [1.29, 1.82) is 0 Å². The lowest BCUT2D eigenvalue weighted by Gasteiger charge is -2.37. The van der Waals surface area contributed by atoms with Gasteiger partial charge in [0, 0.05) is 38.0 Å². The Bertz CT molecular complexity index is 914. The van der Waals surface area contributed by atoms with Gasteiger partial charge in [-0.15, -0.1) is 24.8 Å². The molecule has 1 fully saturated rings. The number of carbonyl (C=O) groups excluding carboxylic acids is 1. The zero-order valence-corrected chi connectivity index (χ0v) is 17.9. The van der Waals surface area contributed by atoms with Crippen LogP contribution < -0.4 is 10.1 Å². The molecule has 2 N–H and O–H groups in total. The standard InChI is InChI=1S/C21H24N4O2.2ClH/c1-27-19-9-5-2-6-15(19)18-14-22-12-13-25(18)21(26)11-10-20-23-16-7-3-4-8-17(16)24-20;;/h2-9,18,22H,10-14H2,1H3,(H,23,24);2*1H. The molecule has 1 unspecified atom stereocenters. The van der Waals surface area contributed by atoms with Crippen LogP contribution in [0.4, 0.5) is 0 Å². The molecule has 1 aromatic heterocycles. The Kier molecular flexibility index (Phi) is 8.32. The number of nitrogens with one attached hydrogen (secondary N) is 2. The molecule has 6 nitrogen and oxygen atoms in total. The molecular weight excluding hydrogens is 411 g/mol. The fraction of sp³-hybridized carbons (Fsp3) is 0.333. The maximum atomic E-state index is 13.0. The lowest BCUT2D eigenvalue weighted by atomic mass is 10.0. The molecule has 2 heterocycles. The maximum absolute atomic E-state index is 13.0. The predicted molar refractivity (Wildman–Crippen MR) is 119 cm³/mol. The Balaban J connectivity index is 0.00000150. The number of methoxy groups -OCH3 is 1. The number of aromatic nitrogens is 2. The van der Waals surface area contributed by atoms with Crippen LogP contribution in [0.1, 0.15) is 23.9 Å². The first-order valence-electron chi connectivity index (χ1n) is 9.33. The minimum absolute atomic E-state index is 0. The van der Waals surface area contributed by atoms with Crippen LogP contribution in [0.25, 0.3) is 11.0 Å². The zero-order valence-electron chi connectivity index (χ0n) is 16.3. The van der Waals surface area contributed by atoms with Gasteiger partial charge in [-0.05, 0) is 18.2 Å². The second kappa shape index (κ2) is 10.5. The number of H-pyrrole nitrogens is 1. The molecule has 4 rings (SSSR count). The summed E-state index contributed by atoms with van der Waals surface area (Å²) in [5, 5.41) is 3.39. The first kappa shape index (κ1) is 23.0. The third-order valence-corrected chi connectivity index (χ3v) is 5.08. The van der Waals surface area contributed by atoms with E-state index >= 15 is 0 Å². The first-order valence-corrected chi connectivity index (χ1v) is 9.33. The van der Waals surface area contributed by atoms with Gasteiger partial charge < -0.3 is 19.9 Å². The lowest BCUT2D eigenvalue weighted by molar-refractivity contribution is -0.134. The number of hydrogen-bond acceptors (Lipinski definition) is 4. The molecule has 1 amide bonds. The fourth-order valence-corrected chi connectivity index (χ4v) is 3.72. The summed E-state index contributed by atoms with van der Waals surface area (Å²) in [6.07, 6.45) is 1.04. The van der Waals surface area contributed by atoms with Crippen molar-refractivity contribution in [2.75, 3.05) is 26.7 Å². The van der Waals surface area contributed by atoms with Crippen molar-refractivity contribution < 1.29 is 9.53 Å². The van der Waals surface area contributed by atoms with Crippen molar-refractivity contribution in [2.45, 2.75) is 18.9 Å². The minimum atomic E-state index is -0.0157. The van der Waals surface area contributed by atoms with Crippen LogP contribution in [0.2, 0.25) is 0 Å². The van der Waals surface area contributed by atoms with Gasteiger partial charge in [-0.1, -0.05) is 30.3 Å². The van der Waals surface area contributed by atoms with Crippen molar-refractivity contribution in [3.05, 3.63) is 59.9 Å². The van der Waals surface area contributed by atoms with E-state index in [1.165, 1.54) is 0 Å². The first-order chi connectivity index (χ1) is 13.3. The molecular formula is C21H26Cl2N4O2. The summed E-state index contributed by atoms with van der Waals surface area (Å²) in [6, 6.07) is 15.8. The van der Waals surface area contributed by atoms with Crippen molar-refractivity contribution in [2.24, 2.45) is 0 Å². The number of amides is 1. The third kappa shape index (κ3) is 5.01. The van der Waals surface area contributed by atoms with Gasteiger partial charge in [-0.2, -0.15) is 0 Å². The quantitative estimate of drug-likeness (QED) is 0.641. The molecule has 8 heteroatoms. The molecule has 0 saturated carbocycles. The number of piperazine rings is 1. The number of fused-ring (bicyclic) bond motifs is 1. The second-order valence-corrected chi connectivity index (χ2v) is 6.75. The fourth-order valence-electron chi connectivity index (χ4n) is 3.72. The Morgan fingerprint density at radius 3 is 2.72 bits per heavy atom. The van der Waals surface area contributed by atoms with Gasteiger partial charge in [0.15, 0.2) is 0 Å². The molecule has 1 aliphatic heterocycles. The molecule has 156 valence electrons. The summed E-state index contributed by atoms with van der Waals surface area (Å²) in [6.45, 7) is 2.24. The lowest BCUT2D eigenvalue weighted by Crippen LogP contribution is -2.48. The molecule has 1 atom stereocenters. The second-order valence-electron chi connectivity index (χ2n) is 6.75. The zero-order chi connectivity index (χ0) is 18.6. The largest absolute Gasteiger partial charge is 0.496 e. The highest BCUT2D eigenvalue weighted by atomic mass is 35.5. The molecule has 0 spiro atoms. The van der Waals surface area contributed by atoms with Crippen LogP contribution in [0.3, 0.4) is 0 Å². The van der Waals surface area contributed by atoms with E-state index in [0.717, 1.165) is 41.3 Å². The van der Waals surface area contributed by atoms with E-state index in [2.05, 4.69) is 15.3 Å². The average Bonchev–Trinajstić information content (AvgIpc) is 3.15. The van der Waals surface area contributed by atoms with Crippen molar-refractivity contribution in [1.82, 2.24) is 20.2 Å². The van der Waals surface area contributed by atoms with Crippen LogP contribution >= 0.6 is 24.8 Å². The van der Waals surface area contributed by atoms with Gasteiger partial charge in [-0.25, -0.2) is 4.98 Å². The number of aryl methyl sites for hydroxylation is 1. The number of hydrogen-bond donors (Lipinski definition) is 2. The van der Waals surface area contributed by atoms with Crippen molar-refractivity contribution >= 4 is 41.8 Å². The van der Waals surface area contributed by atoms with Crippen molar-refractivity contribution in [3.8, 4) is 5.75 Å². The monoisotopic (exact) mass is 436 g/mol. The summed E-state index contributed by atoms with van der Waals surface area (Å²) in [4.78, 5) is 22.8. The number of halogens is 2. The van der Waals surface area contributed by atoms with E-state index in [9.17, 15) is 4.79 Å². The average molecular weight is 437 g/mol. The van der Waals surface area contributed by atoms with E-state index in [4.69, 9.17) is 4.74 Å². The number of aromatic amines is 1. The highest BCUT2D eigenvalue weighted by molar-refractivity contribution is 5.85. The molecule has 0 radical (unpaired) electrons. The van der Waals surface area contributed by atoms with Crippen LogP contribution in [-0.2, 0) is 11.2 Å². The summed E-state index contributed by atoms with van der Waals surface area (Å²) in [5.41, 5.74) is 2.99. The van der Waals surface area contributed by atoms with E-state index in [0.29, 0.717) is 19.4 Å². The third-order valence-electron chi connectivity index (χ3n) is 5.08. The van der Waals surface area contributed by atoms with Gasteiger partial charge in [0.1, 0.15) is 11.6 Å². The van der Waals surface area contributed by atoms with E-state index in [1.807, 2.05) is 53.4 Å². The Hall–Kier alpha value is -2.28. The SMILES string of the molecule is COc1ccccc1C1CNCCN1C(=O)CCc1nc2ccccc2[nH]1.Cl.Cl. The van der Waals surface area contributed by atoms with Gasteiger partial charge in [0.2, 0.25) is 5.91 Å². The molecule has 1 aliphatic rings. The smallest absolute Gasteiger partial charge is 0.223 e. The van der Waals surface area contributed by atoms with Crippen LogP contribution in [0.5, 0.6) is 5.75 Å². The normalized spacial score (nSPS) is 16.0. The van der Waals surface area contributed by atoms with Crippen LogP contribution in [-0.4, -0.2) is 47.5 Å². The topological polar surface area (TPSA) is 70.2 Å². The van der Waals surface area contributed by atoms with Crippen LogP contribution in [0, 0.1) is 0 Å². The summed E-state index contributed by atoms with van der Waals surface area (Å²) < 4.78 is 5.51. The molecule has 0 bridgehead atoms. The summed E-state index contributed by atoms with van der Waals surface area (Å²) in [7, 11) is 1.67. The Morgan fingerprint density at radius 2 is 1.93 bits per heavy atom. The number of imidazole rings is 1. The predicted octanol–water partition coefficient (Wildman–Crippen LogP) is 3.52. The molecule has 0 aliphatic carbocycles. The Morgan fingerprint density at radius 1 is 1.17 bits per heavy atom. The Labute approximate surface area is 182 Å². The van der Waals surface area contributed by atoms with E-state index < -0.39 is 0 Å². The molecule has 1 saturated heterocycles. The van der Waals surface area contributed by atoms with Gasteiger partial charge in [0.05, 0.1) is 24.2 Å². The maximum Gasteiger partial charge on any atom is 0.223 e. The van der Waals surface area contributed by atoms with E-state index in [1.54, 1.807) is 7.11 Å². The van der Waals surface area contributed by atoms with Gasteiger partial charge in [-0.3, -0.25) is 4.79 Å². The number of benzene rings is 2. The minimum Gasteiger partial charge on any atom is -0.496 e. The molecule has 29 heavy (non-hydrogen) atoms. The molecule has 3 aromatic rings. The highest BCUT2D eigenvalue weighted by Crippen LogP contribution is 2.30. The summed E-state index contributed by atoms with van der Waals surface area (Å²) in [5.74, 6) is 1.82. The number of nitrogens with zero attached hydrogens (tertiary/aromatic N) is 2.